The number of fused-ring (bicyclic) bond motifs is 3. The molecule has 3 aromatic heterocycles. The van der Waals surface area contributed by atoms with Crippen LogP contribution < -0.4 is 5.32 Å². The van der Waals surface area contributed by atoms with Crippen molar-refractivity contribution in [1.82, 2.24) is 34.9 Å². The molecule has 0 unspecified atom stereocenters. The summed E-state index contributed by atoms with van der Waals surface area (Å²) in [5, 5.41) is 12.0. The molecule has 2 N–H and O–H groups in total. The Kier molecular flexibility index (Phi) is 2.44. The number of imidazole rings is 1. The predicted molar refractivity (Wildman–Crippen MR) is 69.7 cm³/mol. The first-order chi connectivity index (χ1) is 9.42. The molecule has 0 saturated carbocycles. The van der Waals surface area contributed by atoms with Crippen LogP contribution in [-0.2, 0) is 6.42 Å². The van der Waals surface area contributed by atoms with Gasteiger partial charge in [0.25, 0.3) is 0 Å². The zero-order chi connectivity index (χ0) is 12.7. The Labute approximate surface area is 109 Å². The number of hydrogen-bond donors (Lipinski definition) is 2. The van der Waals surface area contributed by atoms with Crippen LogP contribution in [0.4, 0.5) is 0 Å². The number of aromatic amines is 1. The second-order valence-electron chi connectivity index (χ2n) is 5.05. The molecule has 0 radical (unpaired) electrons. The van der Waals surface area contributed by atoms with Gasteiger partial charge in [-0.3, -0.25) is 4.40 Å². The maximum Gasteiger partial charge on any atom is 0.189 e. The van der Waals surface area contributed by atoms with Gasteiger partial charge in [-0.15, -0.1) is 10.2 Å². The Morgan fingerprint density at radius 3 is 3.00 bits per heavy atom. The van der Waals surface area contributed by atoms with Gasteiger partial charge in [0.15, 0.2) is 11.3 Å². The molecular weight excluding hydrogens is 242 g/mol. The number of aromatic nitrogens is 6. The second kappa shape index (κ2) is 4.27. The third-order valence-corrected chi connectivity index (χ3v) is 3.83. The van der Waals surface area contributed by atoms with Crippen LogP contribution in [0.1, 0.15) is 18.7 Å². The minimum atomic E-state index is 0.686. The molecule has 4 heterocycles. The van der Waals surface area contributed by atoms with Crippen molar-refractivity contribution < 1.29 is 0 Å². The molecule has 0 bridgehead atoms. The fourth-order valence-corrected chi connectivity index (χ4v) is 2.76. The smallest absolute Gasteiger partial charge is 0.189 e. The maximum atomic E-state index is 4.32. The molecule has 1 aliphatic heterocycles. The van der Waals surface area contributed by atoms with Crippen molar-refractivity contribution in [3.8, 4) is 0 Å². The monoisotopic (exact) mass is 257 g/mol. The number of H-pyrrole nitrogens is 1. The molecule has 1 saturated heterocycles. The minimum Gasteiger partial charge on any atom is -0.340 e. The van der Waals surface area contributed by atoms with Gasteiger partial charge >= 0.3 is 0 Å². The van der Waals surface area contributed by atoms with Gasteiger partial charge in [0.2, 0.25) is 0 Å². The van der Waals surface area contributed by atoms with E-state index in [1.54, 1.807) is 12.7 Å². The van der Waals surface area contributed by atoms with Gasteiger partial charge in [-0.2, -0.15) is 0 Å². The number of rotatable bonds is 2. The molecule has 7 nitrogen and oxygen atoms in total. The van der Waals surface area contributed by atoms with E-state index in [1.807, 2.05) is 4.40 Å². The summed E-state index contributed by atoms with van der Waals surface area (Å²) in [5.41, 5.74) is 2.35. The van der Waals surface area contributed by atoms with Gasteiger partial charge in [-0.25, -0.2) is 9.97 Å². The van der Waals surface area contributed by atoms with Gasteiger partial charge in [-0.05, 0) is 31.8 Å². The Morgan fingerprint density at radius 2 is 2.11 bits per heavy atom. The summed E-state index contributed by atoms with van der Waals surface area (Å²) in [7, 11) is 0. The number of piperidine rings is 1. The summed E-state index contributed by atoms with van der Waals surface area (Å²) in [6.07, 6.45) is 6.78. The standard InChI is InChI=1S/C12H15N7/c1-3-13-4-2-8(1)5-9-17-18-12-10-11(15-6-14-10)16-7-19(9)12/h6-8,13H,1-5H2,(H,14,15). The molecule has 0 amide bonds. The van der Waals surface area contributed by atoms with Gasteiger partial charge in [0.1, 0.15) is 17.7 Å². The lowest BCUT2D eigenvalue weighted by molar-refractivity contribution is 0.366. The fraction of sp³-hybridized carbons (Fsp3) is 0.500. The fourth-order valence-electron chi connectivity index (χ4n) is 2.76. The van der Waals surface area contributed by atoms with Crippen LogP contribution in [0.2, 0.25) is 0 Å². The van der Waals surface area contributed by atoms with Gasteiger partial charge in [0, 0.05) is 6.42 Å². The van der Waals surface area contributed by atoms with Crippen molar-refractivity contribution in [2.45, 2.75) is 19.3 Å². The Bertz CT molecular complexity index is 707. The highest BCUT2D eigenvalue weighted by atomic mass is 15.3. The molecule has 7 heteroatoms. The average molecular weight is 257 g/mol. The molecule has 0 aromatic carbocycles. The van der Waals surface area contributed by atoms with Crippen LogP contribution in [0.3, 0.4) is 0 Å². The molecule has 3 aromatic rings. The number of nitrogens with one attached hydrogen (secondary N) is 2. The molecule has 1 fully saturated rings. The Balaban J connectivity index is 1.73. The third-order valence-electron chi connectivity index (χ3n) is 3.83. The molecule has 98 valence electrons. The maximum absolute atomic E-state index is 4.32. The van der Waals surface area contributed by atoms with E-state index in [2.05, 4.69) is 30.5 Å². The SMILES string of the molecule is c1nc2ncn3c(CC4CCNCC4)nnc3c2[nH]1. The van der Waals surface area contributed by atoms with E-state index in [0.29, 0.717) is 11.6 Å². The molecule has 19 heavy (non-hydrogen) atoms. The van der Waals surface area contributed by atoms with E-state index < -0.39 is 0 Å². The summed E-state index contributed by atoms with van der Waals surface area (Å²) in [6, 6.07) is 0. The molecule has 4 rings (SSSR count). The van der Waals surface area contributed by atoms with Crippen molar-refractivity contribution in [3.05, 3.63) is 18.5 Å². The number of nitrogens with zero attached hydrogens (tertiary/aromatic N) is 5. The highest BCUT2D eigenvalue weighted by Gasteiger charge is 2.18. The summed E-state index contributed by atoms with van der Waals surface area (Å²) >= 11 is 0. The minimum absolute atomic E-state index is 0.686. The highest BCUT2D eigenvalue weighted by Crippen LogP contribution is 2.19. The van der Waals surface area contributed by atoms with E-state index in [0.717, 1.165) is 36.5 Å². The van der Waals surface area contributed by atoms with Crippen molar-refractivity contribution in [2.75, 3.05) is 13.1 Å². The molecule has 1 aliphatic rings. The van der Waals surface area contributed by atoms with E-state index in [4.69, 9.17) is 0 Å². The molecule has 0 atom stereocenters. The van der Waals surface area contributed by atoms with Crippen molar-refractivity contribution in [2.24, 2.45) is 5.92 Å². The first-order valence-electron chi connectivity index (χ1n) is 6.64. The number of hydrogen-bond acceptors (Lipinski definition) is 5. The topological polar surface area (TPSA) is 83.8 Å². The van der Waals surface area contributed by atoms with Crippen LogP contribution in [0.15, 0.2) is 12.7 Å². The summed E-state index contributed by atoms with van der Waals surface area (Å²) in [4.78, 5) is 11.5. The molecule has 0 aliphatic carbocycles. The lowest BCUT2D eigenvalue weighted by Gasteiger charge is -2.21. The van der Waals surface area contributed by atoms with E-state index in [9.17, 15) is 0 Å². The van der Waals surface area contributed by atoms with E-state index in [-0.39, 0.29) is 0 Å². The van der Waals surface area contributed by atoms with Crippen molar-refractivity contribution in [1.29, 1.82) is 0 Å². The first kappa shape index (κ1) is 10.9. The third kappa shape index (κ3) is 1.77. The molecule has 0 spiro atoms. The lowest BCUT2D eigenvalue weighted by atomic mass is 9.94. The van der Waals surface area contributed by atoms with Gasteiger partial charge in [-0.1, -0.05) is 0 Å². The average Bonchev–Trinajstić information content (AvgIpc) is 3.06. The first-order valence-corrected chi connectivity index (χ1v) is 6.64. The second-order valence-corrected chi connectivity index (χ2v) is 5.05. The summed E-state index contributed by atoms with van der Waals surface area (Å²) in [5.74, 6) is 1.68. The van der Waals surface area contributed by atoms with Crippen molar-refractivity contribution >= 4 is 16.8 Å². The van der Waals surface area contributed by atoms with E-state index in [1.165, 1.54) is 12.8 Å². The van der Waals surface area contributed by atoms with Crippen molar-refractivity contribution in [3.63, 3.8) is 0 Å². The van der Waals surface area contributed by atoms with Gasteiger partial charge < -0.3 is 10.3 Å². The zero-order valence-electron chi connectivity index (χ0n) is 10.5. The van der Waals surface area contributed by atoms with Crippen LogP contribution in [0.5, 0.6) is 0 Å². The quantitative estimate of drug-likeness (QED) is 0.700. The Hall–Kier alpha value is -2.02. The summed E-state index contributed by atoms with van der Waals surface area (Å²) in [6.45, 7) is 2.20. The van der Waals surface area contributed by atoms with Crippen LogP contribution in [-0.4, -0.2) is 42.6 Å². The van der Waals surface area contributed by atoms with Crippen LogP contribution in [0, 0.1) is 5.92 Å². The molecular formula is C12H15N7. The zero-order valence-corrected chi connectivity index (χ0v) is 10.5. The van der Waals surface area contributed by atoms with Crippen LogP contribution in [0.25, 0.3) is 16.8 Å². The predicted octanol–water partition coefficient (Wildman–Crippen LogP) is 0.543. The Morgan fingerprint density at radius 1 is 1.21 bits per heavy atom. The van der Waals surface area contributed by atoms with E-state index >= 15 is 0 Å². The summed E-state index contributed by atoms with van der Waals surface area (Å²) < 4.78 is 1.97. The van der Waals surface area contributed by atoms with Gasteiger partial charge in [0.05, 0.1) is 6.33 Å². The highest BCUT2D eigenvalue weighted by molar-refractivity contribution is 5.84. The van der Waals surface area contributed by atoms with Crippen LogP contribution >= 0.6 is 0 Å². The largest absolute Gasteiger partial charge is 0.340 e. The lowest BCUT2D eigenvalue weighted by Crippen LogP contribution is -2.29. The normalized spacial score (nSPS) is 17.5.